The zero-order valence-corrected chi connectivity index (χ0v) is 20.9. The lowest BCUT2D eigenvalue weighted by Gasteiger charge is -2.34. The van der Waals surface area contributed by atoms with Crippen molar-refractivity contribution >= 4 is 17.5 Å². The van der Waals surface area contributed by atoms with Crippen LogP contribution in [-0.4, -0.2) is 22.0 Å². The van der Waals surface area contributed by atoms with Gasteiger partial charge in [-0.1, -0.05) is 30.7 Å². The molecule has 0 aliphatic heterocycles. The van der Waals surface area contributed by atoms with Gasteiger partial charge in [-0.25, -0.2) is 13.8 Å². The Labute approximate surface area is 219 Å². The monoisotopic (exact) mass is 555 g/mol. The van der Waals surface area contributed by atoms with E-state index in [9.17, 15) is 27.2 Å². The lowest BCUT2D eigenvalue weighted by Crippen LogP contribution is -2.42. The quantitative estimate of drug-likeness (QED) is 0.356. The molecule has 1 aliphatic carbocycles. The van der Waals surface area contributed by atoms with E-state index in [-0.39, 0.29) is 42.0 Å². The second-order valence-electron chi connectivity index (χ2n) is 8.95. The normalized spacial score (nSPS) is 17.2. The van der Waals surface area contributed by atoms with Crippen molar-refractivity contribution in [2.24, 2.45) is 5.92 Å². The topological polar surface area (TPSA) is 84.1 Å². The zero-order valence-electron chi connectivity index (χ0n) is 20.1. The lowest BCUT2D eigenvalue weighted by molar-refractivity contribution is -0.137. The second-order valence-corrected chi connectivity index (χ2v) is 9.36. The average Bonchev–Trinajstić information content (AvgIpc) is 2.82. The highest BCUT2D eigenvalue weighted by molar-refractivity contribution is 6.31. The van der Waals surface area contributed by atoms with Crippen LogP contribution >= 0.6 is 11.6 Å². The maximum Gasteiger partial charge on any atom is 0.417 e. The summed E-state index contributed by atoms with van der Waals surface area (Å²) in [6, 6.07) is 6.73. The number of benzene rings is 2. The summed E-state index contributed by atoms with van der Waals surface area (Å²) in [5, 5.41) is 2.78. The summed E-state index contributed by atoms with van der Waals surface area (Å²) >= 11 is 5.97. The van der Waals surface area contributed by atoms with Gasteiger partial charge in [-0.05, 0) is 43.0 Å². The third-order valence-corrected chi connectivity index (χ3v) is 6.68. The number of nitrogens with one attached hydrogen (secondary N) is 2. The summed E-state index contributed by atoms with van der Waals surface area (Å²) in [5.41, 5.74) is -2.26. The maximum atomic E-state index is 15.4. The Morgan fingerprint density at radius 1 is 1.16 bits per heavy atom. The van der Waals surface area contributed by atoms with E-state index in [1.807, 2.05) is 0 Å². The zero-order chi connectivity index (χ0) is 27.6. The highest BCUT2D eigenvalue weighted by Crippen LogP contribution is 2.38. The Bertz CT molecular complexity index is 1400. The first-order valence-electron chi connectivity index (χ1n) is 11.8. The van der Waals surface area contributed by atoms with Gasteiger partial charge in [0.1, 0.15) is 17.5 Å². The van der Waals surface area contributed by atoms with E-state index in [4.69, 9.17) is 16.3 Å². The largest absolute Gasteiger partial charge is 0.417 e. The van der Waals surface area contributed by atoms with Gasteiger partial charge in [0.15, 0.2) is 0 Å². The Morgan fingerprint density at radius 3 is 2.53 bits per heavy atom. The number of carbonyl (C=O) groups excluding carboxylic acids is 1. The predicted octanol–water partition coefficient (Wildman–Crippen LogP) is 5.56. The van der Waals surface area contributed by atoms with Crippen LogP contribution in [0, 0.1) is 17.6 Å². The van der Waals surface area contributed by atoms with Crippen molar-refractivity contribution in [1.29, 1.82) is 0 Å². The minimum absolute atomic E-state index is 0.146. The van der Waals surface area contributed by atoms with Crippen molar-refractivity contribution in [3.05, 3.63) is 85.8 Å². The summed E-state index contributed by atoms with van der Waals surface area (Å²) in [6.45, 7) is 1.44. The van der Waals surface area contributed by atoms with Gasteiger partial charge >= 0.3 is 6.18 Å². The number of halogens is 6. The van der Waals surface area contributed by atoms with Crippen molar-refractivity contribution in [3.8, 4) is 11.4 Å². The minimum atomic E-state index is -4.90. The molecular formula is C26H23ClF5N3O3. The van der Waals surface area contributed by atoms with Crippen molar-refractivity contribution in [3.63, 3.8) is 0 Å². The number of aromatic amines is 1. The van der Waals surface area contributed by atoms with E-state index in [0.29, 0.717) is 24.5 Å². The Kier molecular flexibility index (Phi) is 8.17. The fourth-order valence-electron chi connectivity index (χ4n) is 4.12. The summed E-state index contributed by atoms with van der Waals surface area (Å²) in [7, 11) is 0. The molecule has 1 fully saturated rings. The molecule has 1 heterocycles. The Morgan fingerprint density at radius 2 is 1.87 bits per heavy atom. The van der Waals surface area contributed by atoms with Crippen LogP contribution in [-0.2, 0) is 35.3 Å². The summed E-state index contributed by atoms with van der Waals surface area (Å²) < 4.78 is 75.2. The van der Waals surface area contributed by atoms with E-state index in [0.717, 1.165) is 12.1 Å². The molecule has 202 valence electrons. The fraction of sp³-hybridized carbons (Fsp3) is 0.346. The molecule has 6 nitrogen and oxygen atoms in total. The van der Waals surface area contributed by atoms with Crippen LogP contribution in [0.15, 0.2) is 41.2 Å². The van der Waals surface area contributed by atoms with Gasteiger partial charge in [-0.2, -0.15) is 13.2 Å². The maximum absolute atomic E-state index is 15.4. The van der Waals surface area contributed by atoms with Crippen LogP contribution in [0.1, 0.15) is 42.1 Å². The number of aryl methyl sites for hydroxylation is 1. The van der Waals surface area contributed by atoms with Crippen LogP contribution in [0.3, 0.4) is 0 Å². The molecule has 0 atom stereocenters. The van der Waals surface area contributed by atoms with Crippen LogP contribution < -0.4 is 10.9 Å². The Hall–Kier alpha value is -3.31. The second kappa shape index (κ2) is 11.2. The molecule has 1 saturated carbocycles. The number of hydrogen-bond donors (Lipinski definition) is 2. The van der Waals surface area contributed by atoms with Gasteiger partial charge in [0.05, 0.1) is 23.8 Å². The van der Waals surface area contributed by atoms with Crippen molar-refractivity contribution in [2.45, 2.75) is 51.6 Å². The molecule has 2 aromatic carbocycles. The number of hydrogen-bond acceptors (Lipinski definition) is 4. The molecule has 0 bridgehead atoms. The van der Waals surface area contributed by atoms with Crippen LogP contribution in [0.5, 0.6) is 0 Å². The van der Waals surface area contributed by atoms with Gasteiger partial charge < -0.3 is 15.0 Å². The van der Waals surface area contributed by atoms with E-state index >= 15 is 4.39 Å². The number of alkyl halides is 3. The van der Waals surface area contributed by atoms with Crippen molar-refractivity contribution < 1.29 is 31.5 Å². The molecule has 12 heteroatoms. The number of H-pyrrole nitrogens is 1. The van der Waals surface area contributed by atoms with Crippen LogP contribution in [0.2, 0.25) is 5.02 Å². The Balaban J connectivity index is 1.42. The number of aromatic nitrogens is 2. The molecule has 1 amide bonds. The summed E-state index contributed by atoms with van der Waals surface area (Å²) in [5.74, 6) is -3.05. The molecule has 0 unspecified atom stereocenters. The summed E-state index contributed by atoms with van der Waals surface area (Å²) in [6.07, 6.45) is -4.09. The van der Waals surface area contributed by atoms with E-state index in [1.54, 1.807) is 6.92 Å². The third kappa shape index (κ3) is 6.21. The van der Waals surface area contributed by atoms with E-state index < -0.39 is 52.1 Å². The number of nitrogens with zero attached hydrogens (tertiary/aromatic N) is 1. The van der Waals surface area contributed by atoms with Crippen LogP contribution in [0.4, 0.5) is 22.0 Å². The fourth-order valence-corrected chi connectivity index (χ4v) is 4.34. The molecule has 1 aliphatic rings. The number of amides is 1. The van der Waals surface area contributed by atoms with Gasteiger partial charge in [-0.3, -0.25) is 9.59 Å². The van der Waals surface area contributed by atoms with Crippen molar-refractivity contribution in [1.82, 2.24) is 15.3 Å². The molecular weight excluding hydrogens is 533 g/mol. The molecule has 0 spiro atoms. The molecule has 4 rings (SSSR count). The molecule has 3 aromatic rings. The lowest BCUT2D eigenvalue weighted by atomic mass is 9.81. The first kappa shape index (κ1) is 27.7. The van der Waals surface area contributed by atoms with Gasteiger partial charge in [-0.15, -0.1) is 0 Å². The molecule has 2 N–H and O–H groups in total. The first-order chi connectivity index (χ1) is 18.0. The third-order valence-electron chi connectivity index (χ3n) is 6.33. The summed E-state index contributed by atoms with van der Waals surface area (Å²) in [4.78, 5) is 30.6. The standard InChI is InChI=1S/C26H23ClF5N3O3/c1-2-17-10-21(36)35-24(34-17)22-19(26(30,31)32)6-4-13(23(22)29)11-33-25(37)15-7-18(8-15)38-12-14-3-5-16(28)9-20(14)27/h3-6,9-10,15,18H,2,7-8,11-12H2,1H3,(H,33,37)(H,34,35,36). The minimum Gasteiger partial charge on any atom is -0.373 e. The van der Waals surface area contributed by atoms with Crippen molar-refractivity contribution in [2.75, 3.05) is 0 Å². The van der Waals surface area contributed by atoms with E-state index in [1.165, 1.54) is 18.2 Å². The number of carbonyl (C=O) groups is 1. The average molecular weight is 556 g/mol. The molecule has 1 aromatic heterocycles. The number of ether oxygens (including phenoxy) is 1. The van der Waals surface area contributed by atoms with Gasteiger partial charge in [0.25, 0.3) is 5.56 Å². The number of rotatable bonds is 8. The molecule has 38 heavy (non-hydrogen) atoms. The highest BCUT2D eigenvalue weighted by Gasteiger charge is 2.38. The van der Waals surface area contributed by atoms with E-state index in [2.05, 4.69) is 15.3 Å². The van der Waals surface area contributed by atoms with Gasteiger partial charge in [0, 0.05) is 34.8 Å². The SMILES string of the molecule is CCc1cc(=O)[nH]c(-c2c(C(F)(F)F)ccc(CNC(=O)C3CC(OCc4ccc(F)cc4Cl)C3)c2F)n1. The first-order valence-corrected chi connectivity index (χ1v) is 12.2. The molecule has 0 saturated heterocycles. The highest BCUT2D eigenvalue weighted by atomic mass is 35.5. The van der Waals surface area contributed by atoms with Gasteiger partial charge in [0.2, 0.25) is 5.91 Å². The smallest absolute Gasteiger partial charge is 0.373 e. The van der Waals surface area contributed by atoms with Crippen LogP contribution in [0.25, 0.3) is 11.4 Å². The molecule has 0 radical (unpaired) electrons. The predicted molar refractivity (Wildman–Crippen MR) is 129 cm³/mol.